The molecule has 0 heterocycles. The number of carbonyl (C=O) groups excluding carboxylic acids is 2. The molecule has 0 unspecified atom stereocenters. The van der Waals surface area contributed by atoms with Crippen molar-refractivity contribution >= 4 is 17.8 Å². The Kier molecular flexibility index (Phi) is 5.78. The lowest BCUT2D eigenvalue weighted by Gasteiger charge is -2.12. The first-order valence-corrected chi connectivity index (χ1v) is 5.83. The number of carbonyl (C=O) groups is 3. The zero-order chi connectivity index (χ0) is 15.0. The monoisotopic (exact) mass is 274 g/mol. The number of carboxylic acid groups (broad SMARTS) is 1. The summed E-state index contributed by atoms with van der Waals surface area (Å²) in [5.74, 6) is -0.0810. The fourth-order valence-corrected chi connectivity index (χ4v) is 1.42. The van der Waals surface area contributed by atoms with Crippen LogP contribution in [-0.2, 0) is 9.59 Å². The average molecular weight is 274 g/mol. The van der Waals surface area contributed by atoms with E-state index in [9.17, 15) is 14.4 Å². The third kappa shape index (κ3) is 4.82. The Bertz CT molecular complexity index is 534. The summed E-state index contributed by atoms with van der Waals surface area (Å²) in [6.45, 7) is -0.317. The topological polar surface area (TPSA) is 95.5 Å². The van der Waals surface area contributed by atoms with Gasteiger partial charge in [0, 0.05) is 12.0 Å². The number of carboxylic acids is 1. The van der Waals surface area contributed by atoms with Crippen LogP contribution < -0.4 is 10.6 Å². The Morgan fingerprint density at radius 1 is 1.25 bits per heavy atom. The third-order valence-corrected chi connectivity index (χ3v) is 2.40. The van der Waals surface area contributed by atoms with Gasteiger partial charge in [0.15, 0.2) is 0 Å². The highest BCUT2D eigenvalue weighted by molar-refractivity contribution is 5.96. The Hall–Kier alpha value is -2.81. The van der Waals surface area contributed by atoms with Crippen LogP contribution in [0.15, 0.2) is 30.3 Å². The second-order valence-electron chi connectivity index (χ2n) is 3.92. The molecule has 0 aromatic heterocycles. The maximum Gasteiger partial charge on any atom is 0.327 e. The zero-order valence-corrected chi connectivity index (χ0v) is 10.6. The molecule has 0 spiro atoms. The molecule has 0 radical (unpaired) electrons. The molecule has 6 heteroatoms. The molecular formula is C14H14N2O4. The van der Waals surface area contributed by atoms with Crippen molar-refractivity contribution in [2.45, 2.75) is 12.5 Å². The summed E-state index contributed by atoms with van der Waals surface area (Å²) in [4.78, 5) is 34.0. The Morgan fingerprint density at radius 3 is 2.45 bits per heavy atom. The average Bonchev–Trinajstić information content (AvgIpc) is 2.45. The zero-order valence-electron chi connectivity index (χ0n) is 10.6. The Balaban J connectivity index is 2.46. The van der Waals surface area contributed by atoms with E-state index >= 15 is 0 Å². The number of nitrogens with one attached hydrogen (secondary N) is 2. The van der Waals surface area contributed by atoms with Gasteiger partial charge in [-0.2, -0.15) is 0 Å². The van der Waals surface area contributed by atoms with Crippen LogP contribution in [0.3, 0.4) is 0 Å². The molecule has 1 rings (SSSR count). The fourth-order valence-electron chi connectivity index (χ4n) is 1.42. The van der Waals surface area contributed by atoms with Crippen molar-refractivity contribution in [3.8, 4) is 12.3 Å². The number of rotatable bonds is 6. The van der Waals surface area contributed by atoms with Gasteiger partial charge in [0.1, 0.15) is 6.04 Å². The van der Waals surface area contributed by atoms with Gasteiger partial charge in [-0.25, -0.2) is 4.79 Å². The summed E-state index contributed by atoms with van der Waals surface area (Å²) in [6, 6.07) is 7.21. The van der Waals surface area contributed by atoms with E-state index in [0.29, 0.717) is 5.56 Å². The van der Waals surface area contributed by atoms with E-state index in [2.05, 4.69) is 16.6 Å². The van der Waals surface area contributed by atoms with Gasteiger partial charge in [-0.15, -0.1) is 12.3 Å². The maximum absolute atomic E-state index is 11.7. The molecule has 0 aliphatic carbocycles. The number of aliphatic carboxylic acids is 1. The van der Waals surface area contributed by atoms with Crippen LogP contribution in [0, 0.1) is 12.3 Å². The number of terminal acetylenes is 1. The van der Waals surface area contributed by atoms with Crippen molar-refractivity contribution in [2.75, 3.05) is 6.54 Å². The highest BCUT2D eigenvalue weighted by atomic mass is 16.4. The second kappa shape index (κ2) is 7.59. The summed E-state index contributed by atoms with van der Waals surface area (Å²) in [6.07, 6.45) is 4.89. The quantitative estimate of drug-likeness (QED) is 0.637. The highest BCUT2D eigenvalue weighted by Gasteiger charge is 2.18. The van der Waals surface area contributed by atoms with Gasteiger partial charge < -0.3 is 15.7 Å². The van der Waals surface area contributed by atoms with Crippen LogP contribution in [-0.4, -0.2) is 35.5 Å². The summed E-state index contributed by atoms with van der Waals surface area (Å²) in [5.41, 5.74) is 0.415. The van der Waals surface area contributed by atoms with Gasteiger partial charge in [-0.1, -0.05) is 18.2 Å². The van der Waals surface area contributed by atoms with Crippen LogP contribution in [0.25, 0.3) is 0 Å². The Labute approximate surface area is 116 Å². The van der Waals surface area contributed by atoms with Crippen molar-refractivity contribution < 1.29 is 19.5 Å². The van der Waals surface area contributed by atoms with Gasteiger partial charge in [0.25, 0.3) is 5.91 Å². The normalized spacial score (nSPS) is 10.9. The lowest BCUT2D eigenvalue weighted by Crippen LogP contribution is -2.45. The molecule has 104 valence electrons. The molecule has 0 saturated carbocycles. The standard InChI is InChI=1S/C14H14N2O4/c1-2-6-11(14(19)20)16-12(17)9-15-13(18)10-7-4-3-5-8-10/h1,3-5,7-8,11H,6,9H2,(H,15,18)(H,16,17)(H,19,20)/t11-/m1/s1. The first kappa shape index (κ1) is 15.2. The minimum atomic E-state index is -1.22. The first-order chi connectivity index (χ1) is 9.54. The van der Waals surface area contributed by atoms with E-state index in [0.717, 1.165) is 0 Å². The van der Waals surface area contributed by atoms with E-state index < -0.39 is 23.8 Å². The molecule has 1 aromatic rings. The minimum absolute atomic E-state index is 0.117. The lowest BCUT2D eigenvalue weighted by atomic mass is 10.2. The first-order valence-electron chi connectivity index (χ1n) is 5.83. The predicted molar refractivity (Wildman–Crippen MR) is 71.8 cm³/mol. The van der Waals surface area contributed by atoms with E-state index in [4.69, 9.17) is 11.5 Å². The van der Waals surface area contributed by atoms with Gasteiger partial charge in [0.2, 0.25) is 5.91 Å². The van der Waals surface area contributed by atoms with Crippen molar-refractivity contribution in [1.82, 2.24) is 10.6 Å². The van der Waals surface area contributed by atoms with E-state index in [1.807, 2.05) is 0 Å². The molecule has 1 atom stereocenters. The molecule has 2 amide bonds. The molecular weight excluding hydrogens is 260 g/mol. The highest BCUT2D eigenvalue weighted by Crippen LogP contribution is 1.97. The smallest absolute Gasteiger partial charge is 0.327 e. The Morgan fingerprint density at radius 2 is 1.90 bits per heavy atom. The van der Waals surface area contributed by atoms with E-state index in [1.54, 1.807) is 30.3 Å². The van der Waals surface area contributed by atoms with Crippen molar-refractivity contribution in [3.05, 3.63) is 35.9 Å². The van der Waals surface area contributed by atoms with Gasteiger partial charge in [-0.3, -0.25) is 9.59 Å². The van der Waals surface area contributed by atoms with E-state index in [1.165, 1.54) is 0 Å². The minimum Gasteiger partial charge on any atom is -0.480 e. The molecule has 0 bridgehead atoms. The predicted octanol–water partition coefficient (Wildman–Crippen LogP) is 0.00910. The lowest BCUT2D eigenvalue weighted by molar-refractivity contribution is -0.141. The van der Waals surface area contributed by atoms with Crippen LogP contribution in [0.4, 0.5) is 0 Å². The SMILES string of the molecule is C#CC[C@@H](NC(=O)CNC(=O)c1ccccc1)C(=O)O. The molecule has 0 aliphatic rings. The van der Waals surface area contributed by atoms with Gasteiger partial charge in [-0.05, 0) is 12.1 Å². The molecule has 0 fully saturated rings. The van der Waals surface area contributed by atoms with Crippen LogP contribution in [0.5, 0.6) is 0 Å². The molecule has 6 nitrogen and oxygen atoms in total. The molecule has 1 aromatic carbocycles. The third-order valence-electron chi connectivity index (χ3n) is 2.40. The van der Waals surface area contributed by atoms with Crippen LogP contribution in [0.2, 0.25) is 0 Å². The number of amides is 2. The molecule has 0 aliphatic heterocycles. The van der Waals surface area contributed by atoms with Crippen molar-refractivity contribution in [1.29, 1.82) is 0 Å². The maximum atomic E-state index is 11.7. The summed E-state index contributed by atoms with van der Waals surface area (Å²) in [7, 11) is 0. The van der Waals surface area contributed by atoms with Crippen LogP contribution >= 0.6 is 0 Å². The van der Waals surface area contributed by atoms with Gasteiger partial charge in [0.05, 0.1) is 6.54 Å². The largest absolute Gasteiger partial charge is 0.480 e. The fraction of sp³-hybridized carbons (Fsp3) is 0.214. The second-order valence-corrected chi connectivity index (χ2v) is 3.92. The van der Waals surface area contributed by atoms with Crippen molar-refractivity contribution in [3.63, 3.8) is 0 Å². The van der Waals surface area contributed by atoms with Crippen LogP contribution in [0.1, 0.15) is 16.8 Å². The summed E-state index contributed by atoms with van der Waals surface area (Å²) < 4.78 is 0. The number of hydrogen-bond acceptors (Lipinski definition) is 3. The summed E-state index contributed by atoms with van der Waals surface area (Å²) in [5, 5.41) is 13.4. The molecule has 0 saturated heterocycles. The summed E-state index contributed by atoms with van der Waals surface area (Å²) >= 11 is 0. The molecule has 20 heavy (non-hydrogen) atoms. The van der Waals surface area contributed by atoms with E-state index in [-0.39, 0.29) is 13.0 Å². The number of hydrogen-bond donors (Lipinski definition) is 3. The van der Waals surface area contributed by atoms with Crippen molar-refractivity contribution in [2.24, 2.45) is 0 Å². The van der Waals surface area contributed by atoms with Gasteiger partial charge >= 0.3 is 5.97 Å². The number of benzene rings is 1. The molecule has 3 N–H and O–H groups in total.